The van der Waals surface area contributed by atoms with Crippen LogP contribution in [0.15, 0.2) is 18.2 Å². The van der Waals surface area contributed by atoms with Gasteiger partial charge in [-0.25, -0.2) is 13.2 Å². The minimum atomic E-state index is -3.32. The molecule has 10 heteroatoms. The molecule has 0 radical (unpaired) electrons. The van der Waals surface area contributed by atoms with Crippen LogP contribution in [0.4, 0.5) is 4.79 Å². The number of sulfonamides is 1. The number of ether oxygens (including phenoxy) is 1. The maximum absolute atomic E-state index is 13.0. The summed E-state index contributed by atoms with van der Waals surface area (Å²) in [5.74, 6) is 0.739. The Morgan fingerprint density at radius 1 is 1.32 bits per heavy atom. The number of fused-ring (bicyclic) bond motifs is 4. The van der Waals surface area contributed by atoms with E-state index in [1.807, 2.05) is 25.1 Å². The number of nitrogens with zero attached hydrogens (tertiary/aromatic N) is 2. The van der Waals surface area contributed by atoms with Crippen LogP contribution in [0.25, 0.3) is 10.9 Å². The quantitative estimate of drug-likeness (QED) is 0.618. The molecule has 1 aromatic heterocycles. The summed E-state index contributed by atoms with van der Waals surface area (Å²) < 4.78 is 31.7. The zero-order valence-electron chi connectivity index (χ0n) is 18.1. The Bertz CT molecular complexity index is 1090. The van der Waals surface area contributed by atoms with E-state index in [2.05, 4.69) is 10.3 Å². The van der Waals surface area contributed by atoms with Crippen LogP contribution in [-0.2, 0) is 15.4 Å². The summed E-state index contributed by atoms with van der Waals surface area (Å²) in [5, 5.41) is 14.1. The normalized spacial score (nSPS) is 20.5. The van der Waals surface area contributed by atoms with Gasteiger partial charge >= 0.3 is 6.03 Å². The third kappa shape index (κ3) is 3.46. The lowest BCUT2D eigenvalue weighted by atomic mass is 9.70. The molecule has 0 unspecified atom stereocenters. The van der Waals surface area contributed by atoms with Crippen LogP contribution >= 0.6 is 0 Å². The highest BCUT2D eigenvalue weighted by Gasteiger charge is 2.56. The van der Waals surface area contributed by atoms with Crippen LogP contribution in [0, 0.1) is 0 Å². The number of aliphatic hydroxyl groups excluding tert-OH is 1. The lowest BCUT2D eigenvalue weighted by Crippen LogP contribution is -2.68. The first-order valence-corrected chi connectivity index (χ1v) is 12.2. The summed E-state index contributed by atoms with van der Waals surface area (Å²) >= 11 is 0. The Kier molecular flexibility index (Phi) is 5.65. The molecule has 2 amide bonds. The molecule has 170 valence electrons. The van der Waals surface area contributed by atoms with Gasteiger partial charge in [-0.05, 0) is 31.0 Å². The van der Waals surface area contributed by atoms with Gasteiger partial charge in [-0.3, -0.25) is 0 Å². The minimum Gasteiger partial charge on any atom is -0.497 e. The molecule has 0 aliphatic carbocycles. The number of rotatable bonds is 6. The average Bonchev–Trinajstić information content (AvgIpc) is 3.13. The fraction of sp³-hybridized carbons (Fsp3) is 0.571. The molecule has 3 N–H and O–H groups in total. The van der Waals surface area contributed by atoms with Gasteiger partial charge in [0.25, 0.3) is 0 Å². The summed E-state index contributed by atoms with van der Waals surface area (Å²) in [5.41, 5.74) is 2.07. The van der Waals surface area contributed by atoms with E-state index >= 15 is 0 Å². The van der Waals surface area contributed by atoms with Gasteiger partial charge in [0, 0.05) is 54.3 Å². The summed E-state index contributed by atoms with van der Waals surface area (Å²) in [7, 11) is -1.72. The Hall–Kier alpha value is -2.30. The van der Waals surface area contributed by atoms with Gasteiger partial charge in [0.2, 0.25) is 10.0 Å². The molecule has 4 rings (SSSR count). The van der Waals surface area contributed by atoms with Gasteiger partial charge in [0.15, 0.2) is 0 Å². The first kappa shape index (κ1) is 21.9. The van der Waals surface area contributed by atoms with Crippen LogP contribution in [-0.4, -0.2) is 79.4 Å². The van der Waals surface area contributed by atoms with Gasteiger partial charge in [0.05, 0.1) is 25.5 Å². The monoisotopic (exact) mass is 450 g/mol. The summed E-state index contributed by atoms with van der Waals surface area (Å²) in [4.78, 5) is 18.0. The molecule has 3 heterocycles. The summed E-state index contributed by atoms with van der Waals surface area (Å²) in [6, 6.07) is 4.93. The van der Waals surface area contributed by atoms with Crippen molar-refractivity contribution < 1.29 is 23.1 Å². The zero-order valence-corrected chi connectivity index (χ0v) is 19.0. The van der Waals surface area contributed by atoms with E-state index in [-0.39, 0.29) is 18.4 Å². The number of amides is 2. The van der Waals surface area contributed by atoms with E-state index in [0.717, 1.165) is 28.6 Å². The van der Waals surface area contributed by atoms with Crippen molar-refractivity contribution in [1.82, 2.24) is 19.5 Å². The number of aliphatic hydroxyl groups is 1. The van der Waals surface area contributed by atoms with Crippen molar-refractivity contribution in [3.8, 4) is 5.75 Å². The van der Waals surface area contributed by atoms with Gasteiger partial charge in [-0.1, -0.05) is 6.92 Å². The largest absolute Gasteiger partial charge is 0.497 e. The number of aromatic nitrogens is 1. The fourth-order valence-corrected chi connectivity index (χ4v) is 6.07. The molecule has 31 heavy (non-hydrogen) atoms. The molecule has 2 aromatic rings. The van der Waals surface area contributed by atoms with E-state index in [9.17, 15) is 18.3 Å². The molecular weight excluding hydrogens is 420 g/mol. The number of H-pyrrole nitrogens is 1. The Morgan fingerprint density at radius 2 is 2.06 bits per heavy atom. The molecule has 1 fully saturated rings. The average molecular weight is 451 g/mol. The third-order valence-electron chi connectivity index (χ3n) is 6.42. The van der Waals surface area contributed by atoms with Crippen molar-refractivity contribution in [3.63, 3.8) is 0 Å². The predicted molar refractivity (Wildman–Crippen MR) is 118 cm³/mol. The van der Waals surface area contributed by atoms with Crippen molar-refractivity contribution in [2.24, 2.45) is 0 Å². The lowest BCUT2D eigenvalue weighted by Gasteiger charge is -2.55. The Balaban J connectivity index is 1.83. The van der Waals surface area contributed by atoms with Gasteiger partial charge in [-0.15, -0.1) is 0 Å². The van der Waals surface area contributed by atoms with Crippen LogP contribution < -0.4 is 10.1 Å². The van der Waals surface area contributed by atoms with Crippen molar-refractivity contribution in [2.45, 2.75) is 31.7 Å². The maximum Gasteiger partial charge on any atom is 0.318 e. The van der Waals surface area contributed by atoms with Crippen LogP contribution in [0.2, 0.25) is 0 Å². The van der Waals surface area contributed by atoms with Crippen LogP contribution in [0.1, 0.15) is 37.6 Å². The molecule has 1 saturated heterocycles. The van der Waals surface area contributed by atoms with E-state index < -0.39 is 21.5 Å². The van der Waals surface area contributed by atoms with Gasteiger partial charge < -0.3 is 25.0 Å². The highest BCUT2D eigenvalue weighted by atomic mass is 32.2. The molecule has 1 aromatic carbocycles. The lowest BCUT2D eigenvalue weighted by molar-refractivity contribution is 0.0510. The first-order valence-electron chi connectivity index (χ1n) is 10.6. The highest BCUT2D eigenvalue weighted by molar-refractivity contribution is 7.89. The van der Waals surface area contributed by atoms with Gasteiger partial charge in [0.1, 0.15) is 5.75 Å². The number of carbonyl (C=O) groups excluding carboxylic acids is 1. The summed E-state index contributed by atoms with van der Waals surface area (Å²) in [6.07, 6.45) is 0.800. The summed E-state index contributed by atoms with van der Waals surface area (Å²) in [6.45, 7) is 4.88. The molecule has 0 saturated carbocycles. The zero-order chi connectivity index (χ0) is 22.4. The molecule has 1 spiro atoms. The molecule has 2 aliphatic rings. The fourth-order valence-electron chi connectivity index (χ4n) is 4.82. The maximum atomic E-state index is 13.0. The van der Waals surface area contributed by atoms with Crippen molar-refractivity contribution in [2.75, 3.05) is 45.6 Å². The Labute approximate surface area is 182 Å². The number of hydrogen-bond acceptors (Lipinski definition) is 5. The third-order valence-corrected chi connectivity index (χ3v) is 8.20. The van der Waals surface area contributed by atoms with E-state index in [1.54, 1.807) is 18.9 Å². The van der Waals surface area contributed by atoms with Crippen molar-refractivity contribution in [1.29, 1.82) is 0 Å². The topological polar surface area (TPSA) is 115 Å². The second-order valence-corrected chi connectivity index (χ2v) is 10.6. The predicted octanol–water partition coefficient (Wildman–Crippen LogP) is 1.55. The molecule has 0 bridgehead atoms. The SMILES string of the molecule is CCCNC(=O)N1CC2(CN(S(=O)(=O)CC)C2)c2c([nH]c3cc(OC)ccc23)[C@H]1CO. The van der Waals surface area contributed by atoms with Crippen LogP contribution in [0.5, 0.6) is 5.75 Å². The number of nitrogens with one attached hydrogen (secondary N) is 2. The van der Waals surface area contributed by atoms with Crippen molar-refractivity contribution in [3.05, 3.63) is 29.5 Å². The van der Waals surface area contributed by atoms with E-state index in [4.69, 9.17) is 4.74 Å². The van der Waals surface area contributed by atoms with E-state index in [0.29, 0.717) is 31.9 Å². The molecule has 1 atom stereocenters. The minimum absolute atomic E-state index is 0.0426. The van der Waals surface area contributed by atoms with Gasteiger partial charge in [-0.2, -0.15) is 4.31 Å². The number of carbonyl (C=O) groups is 1. The number of benzene rings is 1. The second kappa shape index (κ2) is 7.99. The number of urea groups is 1. The Morgan fingerprint density at radius 3 is 2.68 bits per heavy atom. The molecule has 2 aliphatic heterocycles. The number of methoxy groups -OCH3 is 1. The highest BCUT2D eigenvalue weighted by Crippen LogP contribution is 2.49. The second-order valence-electron chi connectivity index (χ2n) is 8.33. The van der Waals surface area contributed by atoms with E-state index in [1.165, 1.54) is 4.31 Å². The molecule has 9 nitrogen and oxygen atoms in total. The standard InChI is InChI=1S/C21H30N4O5S/c1-4-8-22-20(27)25-13-21(11-24(12-21)31(28,29)5-2)18-15-7-6-14(30-3)9-16(15)23-19(18)17(25)10-26/h6-7,9,17,23,26H,4-5,8,10-13H2,1-3H3,(H,22,27)/t17-/m1/s1. The number of hydrogen-bond donors (Lipinski definition) is 3. The smallest absolute Gasteiger partial charge is 0.318 e. The first-order chi connectivity index (χ1) is 14.8. The van der Waals surface area contributed by atoms with Crippen LogP contribution in [0.3, 0.4) is 0 Å². The molecular formula is C21H30N4O5S. The number of aromatic amines is 1. The van der Waals surface area contributed by atoms with Crippen molar-refractivity contribution >= 4 is 27.0 Å².